The Bertz CT molecular complexity index is 583. The van der Waals surface area contributed by atoms with Crippen molar-refractivity contribution in [3.8, 4) is 0 Å². The molecule has 2 aromatic heterocycles. The number of benzene rings is 1. The van der Waals surface area contributed by atoms with Gasteiger partial charge in [-0.3, -0.25) is 5.10 Å². The van der Waals surface area contributed by atoms with Crippen LogP contribution in [0, 0.1) is 0 Å². The Morgan fingerprint density at radius 3 is 3.19 bits per heavy atom. The monoisotopic (exact) mass is 213 g/mol. The van der Waals surface area contributed by atoms with Crippen LogP contribution in [0.15, 0.2) is 47.2 Å². The van der Waals surface area contributed by atoms with Crippen molar-refractivity contribution < 1.29 is 4.42 Å². The molecule has 0 saturated heterocycles. The van der Waals surface area contributed by atoms with Gasteiger partial charge in [-0.15, -0.1) is 0 Å². The van der Waals surface area contributed by atoms with E-state index in [-0.39, 0.29) is 0 Å². The molecule has 16 heavy (non-hydrogen) atoms. The summed E-state index contributed by atoms with van der Waals surface area (Å²) in [6, 6.07) is 9.91. The van der Waals surface area contributed by atoms with E-state index in [0.29, 0.717) is 6.54 Å². The van der Waals surface area contributed by atoms with E-state index in [4.69, 9.17) is 4.42 Å². The van der Waals surface area contributed by atoms with Crippen molar-refractivity contribution in [1.82, 2.24) is 10.2 Å². The Balaban J connectivity index is 1.78. The molecular formula is C12H11N3O. The van der Waals surface area contributed by atoms with Crippen LogP contribution >= 0.6 is 0 Å². The van der Waals surface area contributed by atoms with Gasteiger partial charge >= 0.3 is 0 Å². The fraction of sp³-hybridized carbons (Fsp3) is 0.0833. The van der Waals surface area contributed by atoms with E-state index in [1.807, 2.05) is 30.5 Å². The molecule has 3 rings (SSSR count). The lowest BCUT2D eigenvalue weighted by Crippen LogP contribution is -1.97. The Hall–Kier alpha value is -2.23. The predicted molar refractivity (Wildman–Crippen MR) is 62.1 cm³/mol. The maximum atomic E-state index is 5.25. The molecule has 3 aromatic rings. The van der Waals surface area contributed by atoms with E-state index in [9.17, 15) is 0 Å². The summed E-state index contributed by atoms with van der Waals surface area (Å²) in [5, 5.41) is 11.3. The number of nitrogens with one attached hydrogen (secondary N) is 2. The maximum Gasteiger partial charge on any atom is 0.122 e. The maximum absolute atomic E-state index is 5.25. The smallest absolute Gasteiger partial charge is 0.122 e. The minimum atomic E-state index is 0.691. The number of furan rings is 1. The van der Waals surface area contributed by atoms with Crippen LogP contribution in [0.4, 0.5) is 5.69 Å². The lowest BCUT2D eigenvalue weighted by atomic mass is 10.2. The highest BCUT2D eigenvalue weighted by Gasteiger charge is 1.99. The molecule has 1 aromatic carbocycles. The summed E-state index contributed by atoms with van der Waals surface area (Å²) >= 11 is 0. The highest BCUT2D eigenvalue weighted by Crippen LogP contribution is 2.17. The molecule has 0 spiro atoms. The Labute approximate surface area is 92.3 Å². The molecule has 0 amide bonds. The summed E-state index contributed by atoms with van der Waals surface area (Å²) in [6.07, 6.45) is 3.49. The molecule has 2 heterocycles. The Morgan fingerprint density at radius 1 is 1.31 bits per heavy atom. The van der Waals surface area contributed by atoms with E-state index in [0.717, 1.165) is 22.4 Å². The van der Waals surface area contributed by atoms with Crippen molar-refractivity contribution in [2.75, 3.05) is 5.32 Å². The van der Waals surface area contributed by atoms with Gasteiger partial charge in [-0.1, -0.05) is 0 Å². The van der Waals surface area contributed by atoms with E-state index < -0.39 is 0 Å². The van der Waals surface area contributed by atoms with E-state index in [2.05, 4.69) is 21.6 Å². The van der Waals surface area contributed by atoms with Crippen LogP contribution in [-0.2, 0) is 6.54 Å². The summed E-state index contributed by atoms with van der Waals surface area (Å²) < 4.78 is 5.25. The molecule has 80 valence electrons. The van der Waals surface area contributed by atoms with Crippen LogP contribution in [0.3, 0.4) is 0 Å². The quantitative estimate of drug-likeness (QED) is 0.703. The number of aromatic amines is 1. The minimum absolute atomic E-state index is 0.691. The largest absolute Gasteiger partial charge is 0.467 e. The fourth-order valence-corrected chi connectivity index (χ4v) is 1.66. The molecule has 0 fully saturated rings. The Kier molecular flexibility index (Phi) is 2.11. The highest BCUT2D eigenvalue weighted by atomic mass is 16.3. The summed E-state index contributed by atoms with van der Waals surface area (Å²) in [7, 11) is 0. The summed E-state index contributed by atoms with van der Waals surface area (Å²) in [5.41, 5.74) is 2.11. The molecule has 0 atom stereocenters. The second-order valence-electron chi connectivity index (χ2n) is 3.60. The highest BCUT2D eigenvalue weighted by molar-refractivity contribution is 5.81. The predicted octanol–water partition coefficient (Wildman–Crippen LogP) is 2.77. The van der Waals surface area contributed by atoms with E-state index in [1.54, 1.807) is 6.26 Å². The SMILES string of the molecule is c1coc(CNc2ccc3[nH]ncc3c2)c1. The number of nitrogens with zero attached hydrogens (tertiary/aromatic N) is 1. The molecule has 0 saturated carbocycles. The Morgan fingerprint density at radius 2 is 2.31 bits per heavy atom. The van der Waals surface area contributed by atoms with Gasteiger partial charge in [-0.05, 0) is 30.3 Å². The summed E-state index contributed by atoms with van der Waals surface area (Å²) in [5.74, 6) is 0.923. The third kappa shape index (κ3) is 1.65. The molecule has 2 N–H and O–H groups in total. The van der Waals surface area contributed by atoms with Crippen molar-refractivity contribution in [3.05, 3.63) is 48.6 Å². The first-order valence-corrected chi connectivity index (χ1v) is 5.11. The van der Waals surface area contributed by atoms with E-state index in [1.165, 1.54) is 0 Å². The first kappa shape index (κ1) is 9.03. The van der Waals surface area contributed by atoms with Gasteiger partial charge in [0.1, 0.15) is 5.76 Å². The summed E-state index contributed by atoms with van der Waals surface area (Å²) in [4.78, 5) is 0. The van der Waals surface area contributed by atoms with Crippen LogP contribution in [-0.4, -0.2) is 10.2 Å². The third-order valence-corrected chi connectivity index (χ3v) is 2.49. The van der Waals surface area contributed by atoms with Crippen LogP contribution in [0.5, 0.6) is 0 Å². The molecular weight excluding hydrogens is 202 g/mol. The van der Waals surface area contributed by atoms with Gasteiger partial charge < -0.3 is 9.73 Å². The van der Waals surface area contributed by atoms with Gasteiger partial charge in [0.25, 0.3) is 0 Å². The number of hydrogen-bond acceptors (Lipinski definition) is 3. The molecule has 0 aliphatic heterocycles. The number of rotatable bonds is 3. The van der Waals surface area contributed by atoms with Gasteiger partial charge in [-0.25, -0.2) is 0 Å². The normalized spacial score (nSPS) is 10.8. The van der Waals surface area contributed by atoms with Gasteiger partial charge in [0.05, 0.1) is 24.5 Å². The van der Waals surface area contributed by atoms with Gasteiger partial charge in [0.2, 0.25) is 0 Å². The van der Waals surface area contributed by atoms with Crippen molar-refractivity contribution in [1.29, 1.82) is 0 Å². The third-order valence-electron chi connectivity index (χ3n) is 2.49. The first-order chi connectivity index (χ1) is 7.92. The average molecular weight is 213 g/mol. The number of hydrogen-bond donors (Lipinski definition) is 2. The van der Waals surface area contributed by atoms with Gasteiger partial charge in [0, 0.05) is 11.1 Å². The van der Waals surface area contributed by atoms with Crippen LogP contribution < -0.4 is 5.32 Å². The standard InChI is InChI=1S/C12H11N3O/c1-2-11(16-5-1)8-13-10-3-4-12-9(6-10)7-14-15-12/h1-7,13H,8H2,(H,14,15). The fourth-order valence-electron chi connectivity index (χ4n) is 1.66. The second kappa shape index (κ2) is 3.73. The summed E-state index contributed by atoms with van der Waals surface area (Å²) in [6.45, 7) is 0.691. The second-order valence-corrected chi connectivity index (χ2v) is 3.60. The molecule has 0 radical (unpaired) electrons. The number of aromatic nitrogens is 2. The minimum Gasteiger partial charge on any atom is -0.467 e. The molecule has 0 bridgehead atoms. The van der Waals surface area contributed by atoms with E-state index >= 15 is 0 Å². The molecule has 4 nitrogen and oxygen atoms in total. The van der Waals surface area contributed by atoms with Crippen molar-refractivity contribution in [2.24, 2.45) is 0 Å². The van der Waals surface area contributed by atoms with Crippen molar-refractivity contribution in [3.63, 3.8) is 0 Å². The molecule has 0 aliphatic rings. The van der Waals surface area contributed by atoms with Crippen LogP contribution in [0.1, 0.15) is 5.76 Å². The van der Waals surface area contributed by atoms with Crippen LogP contribution in [0.2, 0.25) is 0 Å². The number of fused-ring (bicyclic) bond motifs is 1. The van der Waals surface area contributed by atoms with Gasteiger partial charge in [-0.2, -0.15) is 5.10 Å². The average Bonchev–Trinajstić information content (AvgIpc) is 2.97. The van der Waals surface area contributed by atoms with Crippen molar-refractivity contribution >= 4 is 16.6 Å². The molecule has 4 heteroatoms. The lowest BCUT2D eigenvalue weighted by molar-refractivity contribution is 0.518. The lowest BCUT2D eigenvalue weighted by Gasteiger charge is -2.03. The zero-order valence-electron chi connectivity index (χ0n) is 8.60. The topological polar surface area (TPSA) is 53.9 Å². The van der Waals surface area contributed by atoms with Crippen LogP contribution in [0.25, 0.3) is 10.9 Å². The van der Waals surface area contributed by atoms with Gasteiger partial charge in [0.15, 0.2) is 0 Å². The molecule has 0 aliphatic carbocycles. The van der Waals surface area contributed by atoms with Crippen molar-refractivity contribution in [2.45, 2.75) is 6.54 Å². The zero-order chi connectivity index (χ0) is 10.8. The first-order valence-electron chi connectivity index (χ1n) is 5.11. The molecule has 0 unspecified atom stereocenters. The number of H-pyrrole nitrogens is 1. The zero-order valence-corrected chi connectivity index (χ0v) is 8.60. The number of anilines is 1.